The minimum Gasteiger partial charge on any atom is -0.429 e. The van der Waals surface area contributed by atoms with Gasteiger partial charge in [0, 0.05) is 13.1 Å². The van der Waals surface area contributed by atoms with Gasteiger partial charge < -0.3 is 4.74 Å². The maximum absolute atomic E-state index is 10.1. The number of nitrogens with zero attached hydrogens (tertiary/aromatic N) is 3. The van der Waals surface area contributed by atoms with Gasteiger partial charge >= 0.3 is 0 Å². The molecule has 2 rings (SSSR count). The zero-order valence-electron chi connectivity index (χ0n) is 6.97. The van der Waals surface area contributed by atoms with Crippen LogP contribution in [-0.2, 0) is 11.8 Å². The van der Waals surface area contributed by atoms with Crippen LogP contribution in [0.5, 0.6) is 5.75 Å². The molecule has 5 heteroatoms. The van der Waals surface area contributed by atoms with Gasteiger partial charge in [-0.3, -0.25) is 4.79 Å². The van der Waals surface area contributed by atoms with Crippen LogP contribution >= 0.6 is 0 Å². The molecular weight excluding hydrogens is 170 g/mol. The lowest BCUT2D eigenvalue weighted by atomic mass is 10.3. The number of aromatic nitrogens is 3. The zero-order valence-corrected chi connectivity index (χ0v) is 6.97. The van der Waals surface area contributed by atoms with Crippen molar-refractivity contribution in [3.63, 3.8) is 0 Å². The molecule has 66 valence electrons. The average molecular weight is 177 g/mol. The van der Waals surface area contributed by atoms with Crippen LogP contribution in [0.3, 0.4) is 0 Å². The van der Waals surface area contributed by atoms with Gasteiger partial charge in [0.15, 0.2) is 0 Å². The van der Waals surface area contributed by atoms with Gasteiger partial charge in [-0.05, 0) is 12.1 Å². The first kappa shape index (κ1) is 7.72. The first-order valence-corrected chi connectivity index (χ1v) is 3.71. The van der Waals surface area contributed by atoms with Gasteiger partial charge in [-0.1, -0.05) is 5.21 Å². The molecular formula is C8H7N3O2. The molecule has 0 bridgehead atoms. The fourth-order valence-electron chi connectivity index (χ4n) is 1.15. The Morgan fingerprint density at radius 2 is 2.38 bits per heavy atom. The van der Waals surface area contributed by atoms with Crippen LogP contribution in [-0.4, -0.2) is 21.5 Å². The van der Waals surface area contributed by atoms with Crippen molar-refractivity contribution in [1.29, 1.82) is 0 Å². The molecule has 0 unspecified atom stereocenters. The van der Waals surface area contributed by atoms with Gasteiger partial charge in [0.25, 0.3) is 6.47 Å². The normalized spacial score (nSPS) is 10.2. The predicted molar refractivity (Wildman–Crippen MR) is 45.2 cm³/mol. The summed E-state index contributed by atoms with van der Waals surface area (Å²) in [5.74, 6) is 0.475. The van der Waals surface area contributed by atoms with E-state index < -0.39 is 0 Å². The SMILES string of the molecule is Cn1nnc2cc(OC=O)ccc21. The Bertz CT molecular complexity index is 450. The molecule has 5 nitrogen and oxygen atoms in total. The maximum Gasteiger partial charge on any atom is 0.298 e. The van der Waals surface area contributed by atoms with E-state index in [1.165, 1.54) is 0 Å². The minimum absolute atomic E-state index is 0.386. The Labute approximate surface area is 73.9 Å². The van der Waals surface area contributed by atoms with E-state index in [1.54, 1.807) is 29.9 Å². The Hall–Kier alpha value is -1.91. The van der Waals surface area contributed by atoms with Crippen LogP contribution in [0.1, 0.15) is 0 Å². The molecule has 2 aromatic rings. The molecule has 0 aliphatic heterocycles. The third-order valence-corrected chi connectivity index (χ3v) is 1.77. The predicted octanol–water partition coefficient (Wildman–Crippen LogP) is 0.503. The van der Waals surface area contributed by atoms with E-state index in [4.69, 9.17) is 0 Å². The maximum atomic E-state index is 10.1. The first-order valence-electron chi connectivity index (χ1n) is 3.71. The van der Waals surface area contributed by atoms with Gasteiger partial charge in [-0.2, -0.15) is 0 Å². The highest BCUT2D eigenvalue weighted by Crippen LogP contribution is 2.17. The Morgan fingerprint density at radius 3 is 3.15 bits per heavy atom. The molecule has 1 heterocycles. The van der Waals surface area contributed by atoms with Crippen LogP contribution in [0.25, 0.3) is 11.0 Å². The van der Waals surface area contributed by atoms with Crippen molar-refractivity contribution < 1.29 is 9.53 Å². The number of carbonyl (C=O) groups excluding carboxylic acids is 1. The summed E-state index contributed by atoms with van der Waals surface area (Å²) in [4.78, 5) is 10.1. The largest absolute Gasteiger partial charge is 0.429 e. The van der Waals surface area contributed by atoms with E-state index >= 15 is 0 Å². The molecule has 0 aliphatic rings. The fourth-order valence-corrected chi connectivity index (χ4v) is 1.15. The van der Waals surface area contributed by atoms with Gasteiger partial charge in [0.1, 0.15) is 11.3 Å². The summed E-state index contributed by atoms with van der Waals surface area (Å²) in [6.45, 7) is 0.386. The van der Waals surface area contributed by atoms with E-state index in [1.807, 2.05) is 0 Å². The number of carbonyl (C=O) groups is 1. The zero-order chi connectivity index (χ0) is 9.26. The lowest BCUT2D eigenvalue weighted by molar-refractivity contribution is -0.120. The lowest BCUT2D eigenvalue weighted by Gasteiger charge is -1.96. The average Bonchev–Trinajstić information content (AvgIpc) is 2.48. The third kappa shape index (κ3) is 1.24. The van der Waals surface area contributed by atoms with E-state index in [9.17, 15) is 4.79 Å². The molecule has 0 atom stereocenters. The summed E-state index contributed by atoms with van der Waals surface area (Å²) in [6, 6.07) is 5.16. The number of benzene rings is 1. The molecule has 0 amide bonds. The van der Waals surface area contributed by atoms with Crippen molar-refractivity contribution in [2.45, 2.75) is 0 Å². The summed E-state index contributed by atoms with van der Waals surface area (Å²) in [6.07, 6.45) is 0. The quantitative estimate of drug-likeness (QED) is 0.627. The molecule has 0 N–H and O–H groups in total. The van der Waals surface area contributed by atoms with E-state index in [0.717, 1.165) is 5.52 Å². The molecule has 0 saturated heterocycles. The number of hydrogen-bond donors (Lipinski definition) is 0. The van der Waals surface area contributed by atoms with Crippen LogP contribution in [0, 0.1) is 0 Å². The van der Waals surface area contributed by atoms with E-state index in [0.29, 0.717) is 17.7 Å². The number of ether oxygens (including phenoxy) is 1. The summed E-state index contributed by atoms with van der Waals surface area (Å²) in [5, 5.41) is 7.70. The Kier molecular flexibility index (Phi) is 1.70. The fraction of sp³-hybridized carbons (Fsp3) is 0.125. The highest BCUT2D eigenvalue weighted by molar-refractivity contribution is 5.76. The molecule has 0 radical (unpaired) electrons. The monoisotopic (exact) mass is 177 g/mol. The van der Waals surface area contributed by atoms with Crippen molar-refractivity contribution in [3.8, 4) is 5.75 Å². The van der Waals surface area contributed by atoms with Crippen molar-refractivity contribution in [2.75, 3.05) is 0 Å². The third-order valence-electron chi connectivity index (χ3n) is 1.77. The number of fused-ring (bicyclic) bond motifs is 1. The number of hydrogen-bond acceptors (Lipinski definition) is 4. The number of aryl methyl sites for hydroxylation is 1. The van der Waals surface area contributed by atoms with Crippen LogP contribution in [0.15, 0.2) is 18.2 Å². The molecule has 0 fully saturated rings. The second-order valence-electron chi connectivity index (χ2n) is 2.58. The van der Waals surface area contributed by atoms with Gasteiger partial charge in [-0.25, -0.2) is 4.68 Å². The first-order chi connectivity index (χ1) is 6.31. The highest BCUT2D eigenvalue weighted by Gasteiger charge is 2.02. The number of rotatable bonds is 2. The lowest BCUT2D eigenvalue weighted by Crippen LogP contribution is -1.90. The molecule has 1 aromatic carbocycles. The van der Waals surface area contributed by atoms with E-state index in [2.05, 4.69) is 15.0 Å². The summed E-state index contributed by atoms with van der Waals surface area (Å²) >= 11 is 0. The Morgan fingerprint density at radius 1 is 1.54 bits per heavy atom. The van der Waals surface area contributed by atoms with Crippen molar-refractivity contribution >= 4 is 17.5 Å². The van der Waals surface area contributed by atoms with Gasteiger partial charge in [-0.15, -0.1) is 5.10 Å². The molecule has 13 heavy (non-hydrogen) atoms. The minimum atomic E-state index is 0.386. The van der Waals surface area contributed by atoms with Crippen LogP contribution in [0.2, 0.25) is 0 Å². The van der Waals surface area contributed by atoms with Gasteiger partial charge in [0.2, 0.25) is 0 Å². The standard InChI is InChI=1S/C8H7N3O2/c1-11-8-3-2-6(13-5-12)4-7(8)9-10-11/h2-5H,1H3. The Balaban J connectivity index is 2.56. The molecule has 0 spiro atoms. The van der Waals surface area contributed by atoms with Crippen molar-refractivity contribution in [2.24, 2.45) is 7.05 Å². The second-order valence-corrected chi connectivity index (χ2v) is 2.58. The summed E-state index contributed by atoms with van der Waals surface area (Å²) in [7, 11) is 1.80. The van der Waals surface area contributed by atoms with Gasteiger partial charge in [0.05, 0.1) is 5.52 Å². The molecule has 1 aromatic heterocycles. The molecule has 0 saturated carbocycles. The topological polar surface area (TPSA) is 57.0 Å². The van der Waals surface area contributed by atoms with Crippen molar-refractivity contribution in [3.05, 3.63) is 18.2 Å². The van der Waals surface area contributed by atoms with Crippen LogP contribution in [0.4, 0.5) is 0 Å². The van der Waals surface area contributed by atoms with Crippen molar-refractivity contribution in [1.82, 2.24) is 15.0 Å². The summed E-state index contributed by atoms with van der Waals surface area (Å²) in [5.41, 5.74) is 1.61. The second kappa shape index (κ2) is 2.85. The molecule has 0 aliphatic carbocycles. The smallest absolute Gasteiger partial charge is 0.298 e. The van der Waals surface area contributed by atoms with Crippen LogP contribution < -0.4 is 4.74 Å². The van der Waals surface area contributed by atoms with E-state index in [-0.39, 0.29) is 0 Å². The highest BCUT2D eigenvalue weighted by atomic mass is 16.5. The summed E-state index contributed by atoms with van der Waals surface area (Å²) < 4.78 is 6.32.